The number of nitrogens with zero attached hydrogens (tertiary/aromatic N) is 8. The molecule has 0 spiro atoms. The van der Waals surface area contributed by atoms with Crippen molar-refractivity contribution in [1.82, 2.24) is 39.9 Å². The second kappa shape index (κ2) is 50.5. The van der Waals surface area contributed by atoms with Crippen LogP contribution < -0.4 is 57.9 Å². The van der Waals surface area contributed by atoms with Gasteiger partial charge in [-0.15, -0.1) is 0 Å². The summed E-state index contributed by atoms with van der Waals surface area (Å²) in [6, 6.07) is 29.9. The third-order valence-electron chi connectivity index (χ3n) is 16.6. The third-order valence-corrected chi connectivity index (χ3v) is 16.9. The molecule has 2 fully saturated rings. The van der Waals surface area contributed by atoms with E-state index >= 15 is 0 Å². The Morgan fingerprint density at radius 2 is 0.879 bits per heavy atom. The van der Waals surface area contributed by atoms with Crippen LogP contribution in [0.25, 0.3) is 22.3 Å². The Hall–Kier alpha value is -9.12. The topological polar surface area (TPSA) is 460 Å². The number of pyridine rings is 8. The summed E-state index contributed by atoms with van der Waals surface area (Å²) in [6.07, 6.45) is 21.3. The summed E-state index contributed by atoms with van der Waals surface area (Å²) in [7, 11) is -9.61. The summed E-state index contributed by atoms with van der Waals surface area (Å²) >= 11 is 5.89. The SMILES string of the molecule is CC1(C)OB(c2cncc(Cl)c2)OC1(C)C.CCOc1cncc(B(O)O)c1.CCc1cncc(B(O)O)c1.COCCOCCOc1cncc(B(O)O)c1.Cc1ccccc1-c1cncc(B(O)O)c1.OB(O)c1cncc(-c2ccccc2)c1.OB(O)c1cncc(C(F)(F)F)c1.OB(O)c1cncc(OC2CCOCC2)c1. The molecule has 0 atom stereocenters. The van der Waals surface area contributed by atoms with Gasteiger partial charge in [0.2, 0.25) is 0 Å². The highest BCUT2D eigenvalue weighted by Gasteiger charge is 2.52. The maximum atomic E-state index is 12.0. The average Bonchev–Trinajstić information content (AvgIpc) is 1.62. The highest BCUT2D eigenvalue weighted by molar-refractivity contribution is 6.63. The number of rotatable bonds is 22. The fourth-order valence-electron chi connectivity index (χ4n) is 9.73. The monoisotopic (exact) mass is 1620 g/mol. The Morgan fingerprint density at radius 3 is 1.37 bits per heavy atom. The van der Waals surface area contributed by atoms with Gasteiger partial charge in [0, 0.05) is 144 Å². The van der Waals surface area contributed by atoms with E-state index in [1.165, 1.54) is 55.6 Å². The van der Waals surface area contributed by atoms with Crippen LogP contribution in [0.5, 0.6) is 17.2 Å². The lowest BCUT2D eigenvalue weighted by molar-refractivity contribution is -0.137. The second-order valence-corrected chi connectivity index (χ2v) is 26.4. The van der Waals surface area contributed by atoms with Crippen LogP contribution in [-0.2, 0) is 36.1 Å². The lowest BCUT2D eigenvalue weighted by atomic mass is 9.80. The van der Waals surface area contributed by atoms with Crippen molar-refractivity contribution in [1.29, 1.82) is 0 Å². The first-order valence-corrected chi connectivity index (χ1v) is 36.4. The molecule has 0 unspecified atom stereocenters. The molecule has 2 aliphatic heterocycles. The normalized spacial score (nSPS) is 12.9. The molecule has 0 bridgehead atoms. The minimum atomic E-state index is -4.52. The highest BCUT2D eigenvalue weighted by atomic mass is 35.5. The molecule has 8 aromatic heterocycles. The van der Waals surface area contributed by atoms with Gasteiger partial charge in [0.25, 0.3) is 0 Å². The number of aryl methyl sites for hydroxylation is 2. The van der Waals surface area contributed by atoms with Crippen molar-refractivity contribution in [2.45, 2.75) is 91.2 Å². The average molecular weight is 1620 g/mol. The first kappa shape index (κ1) is 97.5. The molecule has 10 heterocycles. The van der Waals surface area contributed by atoms with Crippen LogP contribution in [0, 0.1) is 6.92 Å². The van der Waals surface area contributed by atoms with Gasteiger partial charge < -0.3 is 108 Å². The van der Waals surface area contributed by atoms with Crippen LogP contribution in [0.4, 0.5) is 13.2 Å². The molecule has 0 aliphatic carbocycles. The first-order chi connectivity index (χ1) is 55.1. The summed E-state index contributed by atoms with van der Waals surface area (Å²) in [4.78, 5) is 30.6. The summed E-state index contributed by atoms with van der Waals surface area (Å²) in [5.74, 6) is 1.59. The Bertz CT molecular complexity index is 4460. The van der Waals surface area contributed by atoms with Crippen molar-refractivity contribution < 1.29 is 121 Å². The standard InChI is InChI=1S/C12H12BNO2.C11H15BClNO2.C11H10BNO2.C10H16BNO5.C10H14BNO4.C7H10BNO3.C7H10BNO2.C6H5BF3NO2/c1-9-4-2-3-5-12(9)10-6-11(13(15)16)8-14-7-10;1-10(2)11(3,4)16-12(15-10)8-5-9(13)7-14-6-8;14-12(15)11-6-10(7-13-8-11)9-4-2-1-3-5-9;1-15-2-3-16-4-5-17-10-6-9(11(13)14)7-12-8-10;13-11(14)8-5-10(7-12-6-8)16-9-1-3-15-4-2-9;1-2-12-7-3-6(8(10)11)4-9-5-7;1-2-6-3-7(8(10)11)5-9-4-6;8-6(9,10)4-1-5(7(12)13)3-11-2-4/h2-8,15-16H,1H3;5-7H,1-4H3;1-8,14-15H;6-8,13-14H,2-5H2,1H3;5-7,9,13-14H,1-4H2;3-5,10-11H,2H2,1H3;3-5,10-11H,2H2,1H3;1-3,12-13H. The minimum Gasteiger partial charge on any atom is -0.492 e. The molecule has 0 amide bonds. The van der Waals surface area contributed by atoms with E-state index in [1.54, 1.807) is 74.6 Å². The van der Waals surface area contributed by atoms with E-state index in [2.05, 4.69) is 39.9 Å². The Morgan fingerprint density at radius 1 is 0.457 bits per heavy atom. The molecule has 30 nitrogen and oxygen atoms in total. The molecule has 12 rings (SSSR count). The number of ether oxygens (including phenoxy) is 6. The summed E-state index contributed by atoms with van der Waals surface area (Å²) in [5, 5.41) is 125. The smallest absolute Gasteiger partial charge is 0.492 e. The molecule has 116 heavy (non-hydrogen) atoms. The number of alkyl halides is 3. The van der Waals surface area contributed by atoms with Gasteiger partial charge in [-0.05, 0) is 112 Å². The minimum absolute atomic E-state index is 0.127. The van der Waals surface area contributed by atoms with Crippen LogP contribution in [0.15, 0.2) is 202 Å². The van der Waals surface area contributed by atoms with E-state index in [4.69, 9.17) is 120 Å². The van der Waals surface area contributed by atoms with Gasteiger partial charge in [-0.25, -0.2) is 0 Å². The molecule has 2 saturated heterocycles. The van der Waals surface area contributed by atoms with Gasteiger partial charge in [0.05, 0.1) is 80.0 Å². The van der Waals surface area contributed by atoms with Gasteiger partial charge in [-0.3, -0.25) is 39.9 Å². The van der Waals surface area contributed by atoms with E-state index in [0.29, 0.717) is 114 Å². The summed E-state index contributed by atoms with van der Waals surface area (Å²) in [5.41, 5.74) is 7.09. The van der Waals surface area contributed by atoms with Crippen molar-refractivity contribution in [2.24, 2.45) is 0 Å². The number of halogens is 4. The molecule has 0 radical (unpaired) electrons. The quantitative estimate of drug-likeness (QED) is 0.0303. The molecular weight excluding hydrogens is 1530 g/mol. The largest absolute Gasteiger partial charge is 0.496 e. The van der Waals surface area contributed by atoms with Crippen LogP contribution in [0.2, 0.25) is 5.02 Å². The first-order valence-electron chi connectivity index (χ1n) is 36.0. The Labute approximate surface area is 678 Å². The molecule has 612 valence electrons. The number of aromatic nitrogens is 8. The van der Waals surface area contributed by atoms with Gasteiger partial charge in [0.15, 0.2) is 0 Å². The Kier molecular flexibility index (Phi) is 42.4. The zero-order valence-corrected chi connectivity index (χ0v) is 65.7. The third kappa shape index (κ3) is 35.0. The van der Waals surface area contributed by atoms with Crippen LogP contribution in [-0.4, -0.2) is 238 Å². The lowest BCUT2D eigenvalue weighted by Crippen LogP contribution is -2.41. The number of methoxy groups -OCH3 is 1. The molecule has 10 aromatic rings. The van der Waals surface area contributed by atoms with E-state index in [0.717, 1.165) is 64.3 Å². The fourth-order valence-corrected chi connectivity index (χ4v) is 9.91. The number of benzene rings is 2. The predicted molar refractivity (Wildman–Crippen MR) is 437 cm³/mol. The van der Waals surface area contributed by atoms with Crippen molar-refractivity contribution in [2.75, 3.05) is 53.4 Å². The van der Waals surface area contributed by atoms with Crippen LogP contribution >= 0.6 is 11.6 Å². The van der Waals surface area contributed by atoms with Gasteiger partial charge in [-0.1, -0.05) is 91.3 Å². The number of hydrogen-bond donors (Lipinski definition) is 14. The van der Waals surface area contributed by atoms with Gasteiger partial charge >= 0.3 is 63.1 Å². The maximum Gasteiger partial charge on any atom is 0.496 e. The van der Waals surface area contributed by atoms with Gasteiger partial charge in [0.1, 0.15) is 30.0 Å². The van der Waals surface area contributed by atoms with E-state index in [-0.39, 0.29) is 22.8 Å². The van der Waals surface area contributed by atoms with E-state index in [1.807, 2.05) is 109 Å². The molecule has 14 N–H and O–H groups in total. The van der Waals surface area contributed by atoms with E-state index in [9.17, 15) is 13.2 Å². The zero-order chi connectivity index (χ0) is 85.4. The van der Waals surface area contributed by atoms with Crippen LogP contribution in [0.3, 0.4) is 0 Å². The zero-order valence-electron chi connectivity index (χ0n) is 64.9. The fraction of sp³-hybridized carbons (Fsp3) is 0.297. The molecule has 42 heteroatoms. The van der Waals surface area contributed by atoms with Crippen molar-refractivity contribution in [3.05, 3.63) is 224 Å². The summed E-state index contributed by atoms with van der Waals surface area (Å²) in [6.45, 7) is 17.8. The molecular formula is C74H92B8ClF3N8O22. The van der Waals surface area contributed by atoms with Crippen molar-refractivity contribution in [3.63, 3.8) is 0 Å². The molecule has 2 aromatic carbocycles. The lowest BCUT2D eigenvalue weighted by Gasteiger charge is -2.32. The van der Waals surface area contributed by atoms with E-state index < -0.39 is 68.7 Å². The Balaban J connectivity index is 0.000000237. The molecule has 2 aliphatic rings. The van der Waals surface area contributed by atoms with Gasteiger partial charge in [-0.2, -0.15) is 13.2 Å². The van der Waals surface area contributed by atoms with Crippen molar-refractivity contribution >= 4 is 112 Å². The highest BCUT2D eigenvalue weighted by Crippen LogP contribution is 2.36. The maximum absolute atomic E-state index is 12.0. The molecule has 0 saturated carbocycles. The second-order valence-electron chi connectivity index (χ2n) is 26.0. The van der Waals surface area contributed by atoms with Crippen molar-refractivity contribution in [3.8, 4) is 39.5 Å². The predicted octanol–water partition coefficient (Wildman–Crippen LogP) is -0.414. The number of hydrogen-bond acceptors (Lipinski definition) is 30. The summed E-state index contributed by atoms with van der Waals surface area (Å²) < 4.78 is 79.2. The van der Waals surface area contributed by atoms with Crippen LogP contribution in [0.1, 0.15) is 71.1 Å².